The van der Waals surface area contributed by atoms with Gasteiger partial charge in [-0.25, -0.2) is 4.79 Å². The van der Waals surface area contributed by atoms with Crippen LogP contribution in [0.4, 0.5) is 16.2 Å². The summed E-state index contributed by atoms with van der Waals surface area (Å²) in [5.41, 5.74) is 6.49. The molecule has 1 radical (unpaired) electrons. The van der Waals surface area contributed by atoms with Crippen molar-refractivity contribution in [3.05, 3.63) is 96.6 Å². The summed E-state index contributed by atoms with van der Waals surface area (Å²) >= 11 is 0. The lowest BCUT2D eigenvalue weighted by molar-refractivity contribution is 0.249. The molecule has 0 N–H and O–H groups in total. The van der Waals surface area contributed by atoms with Gasteiger partial charge in [0.2, 0.25) is 5.84 Å². The molecule has 0 atom stereocenters. The first-order valence-corrected chi connectivity index (χ1v) is 8.43. The van der Waals surface area contributed by atoms with Crippen LogP contribution in [-0.4, -0.2) is 11.9 Å². The molecule has 5 heteroatoms. The number of benzene rings is 3. The smallest absolute Gasteiger partial charge is 0.244 e. The zero-order chi connectivity index (χ0) is 18.5. The predicted molar refractivity (Wildman–Crippen MR) is 106 cm³/mol. The fraction of sp³-hybridized carbons (Fsp3) is 0. The number of para-hydroxylation sites is 2. The van der Waals surface area contributed by atoms with Crippen LogP contribution in [0.5, 0.6) is 0 Å². The predicted octanol–water partition coefficient (Wildman–Crippen LogP) is 4.02. The van der Waals surface area contributed by atoms with Crippen molar-refractivity contribution in [1.82, 2.24) is 5.43 Å². The number of carbonyl (C=O) groups excluding carboxylic acids is 1. The van der Waals surface area contributed by atoms with Gasteiger partial charge in [-0.1, -0.05) is 60.5 Å². The maximum atomic E-state index is 12.9. The minimum atomic E-state index is -0.363. The summed E-state index contributed by atoms with van der Waals surface area (Å²) in [6.45, 7) is 0. The van der Waals surface area contributed by atoms with E-state index in [0.717, 1.165) is 5.56 Å². The van der Waals surface area contributed by atoms with E-state index in [0.29, 0.717) is 11.4 Å². The van der Waals surface area contributed by atoms with Crippen LogP contribution in [0.2, 0.25) is 0 Å². The zero-order valence-electron chi connectivity index (χ0n) is 14.4. The molecule has 0 unspecified atom stereocenters. The van der Waals surface area contributed by atoms with Gasteiger partial charge >= 0.3 is 6.03 Å². The van der Waals surface area contributed by atoms with Crippen LogP contribution in [0.25, 0.3) is 0 Å². The molecule has 27 heavy (non-hydrogen) atoms. The first-order chi connectivity index (χ1) is 13.3. The van der Waals surface area contributed by atoms with Crippen molar-refractivity contribution in [1.29, 1.82) is 0 Å². The molecule has 0 spiro atoms. The van der Waals surface area contributed by atoms with Crippen LogP contribution < -0.4 is 15.4 Å². The molecule has 5 nitrogen and oxygen atoms in total. The number of nitrogens with zero attached hydrogens (tertiary/aromatic N) is 4. The number of carbonyl (C=O) groups is 1. The Balaban J connectivity index is 1.73. The number of amides is 2. The molecule has 3 aromatic rings. The van der Waals surface area contributed by atoms with Crippen LogP contribution in [0.15, 0.2) is 96.1 Å². The Morgan fingerprint density at radius 2 is 1.15 bits per heavy atom. The highest BCUT2D eigenvalue weighted by atomic mass is 16.2. The summed E-state index contributed by atoms with van der Waals surface area (Å²) in [5, 5.41) is 6.97. The van der Waals surface area contributed by atoms with E-state index in [-0.39, 0.29) is 11.9 Å². The topological polar surface area (TPSA) is 50.0 Å². The van der Waals surface area contributed by atoms with Gasteiger partial charge in [-0.05, 0) is 42.3 Å². The Morgan fingerprint density at radius 3 is 1.74 bits per heavy atom. The maximum Gasteiger partial charge on any atom is 0.370 e. The van der Waals surface area contributed by atoms with Gasteiger partial charge in [0.15, 0.2) is 0 Å². The molecule has 1 aliphatic rings. The molecule has 4 rings (SSSR count). The molecule has 129 valence electrons. The number of hydrazone groups is 1. The Labute approximate surface area is 157 Å². The van der Waals surface area contributed by atoms with Gasteiger partial charge in [-0.3, -0.25) is 0 Å². The van der Waals surface area contributed by atoms with Gasteiger partial charge in [-0.2, -0.15) is 10.0 Å². The number of urea groups is 1. The van der Waals surface area contributed by atoms with Crippen molar-refractivity contribution in [3.8, 4) is 11.8 Å². The van der Waals surface area contributed by atoms with Crippen molar-refractivity contribution >= 4 is 23.2 Å². The molecule has 0 aliphatic carbocycles. The Kier molecular flexibility index (Phi) is 4.54. The SMILES string of the molecule is O=C1N(c2ccccc2)[N]C(C#Cc2ccccc2)=NN1c1ccccc1. The fourth-order valence-corrected chi connectivity index (χ4v) is 2.56. The normalized spacial score (nSPS) is 13.3. The molecule has 0 fully saturated rings. The highest BCUT2D eigenvalue weighted by Gasteiger charge is 2.31. The van der Waals surface area contributed by atoms with E-state index in [4.69, 9.17) is 0 Å². The van der Waals surface area contributed by atoms with Crippen LogP contribution in [-0.2, 0) is 0 Å². The second-order valence-electron chi connectivity index (χ2n) is 5.72. The second-order valence-corrected chi connectivity index (χ2v) is 5.72. The molecular weight excluding hydrogens is 336 g/mol. The van der Waals surface area contributed by atoms with E-state index in [1.54, 1.807) is 0 Å². The quantitative estimate of drug-likeness (QED) is 0.644. The largest absolute Gasteiger partial charge is 0.370 e. The Bertz CT molecular complexity index is 1020. The van der Waals surface area contributed by atoms with E-state index in [1.807, 2.05) is 91.0 Å². The third-order valence-electron chi connectivity index (χ3n) is 3.85. The van der Waals surface area contributed by atoms with Crippen molar-refractivity contribution in [2.24, 2.45) is 5.10 Å². The molecule has 3 aromatic carbocycles. The lowest BCUT2D eigenvalue weighted by atomic mass is 10.2. The number of hydrogen-bond donors (Lipinski definition) is 0. The third kappa shape index (κ3) is 3.65. The first-order valence-electron chi connectivity index (χ1n) is 8.43. The number of anilines is 2. The molecule has 0 saturated carbocycles. The third-order valence-corrected chi connectivity index (χ3v) is 3.85. The summed E-state index contributed by atoms with van der Waals surface area (Å²) in [5.74, 6) is 6.25. The van der Waals surface area contributed by atoms with Gasteiger partial charge in [0, 0.05) is 5.56 Å². The van der Waals surface area contributed by atoms with Crippen LogP contribution >= 0.6 is 0 Å². The lowest BCUT2D eigenvalue weighted by Gasteiger charge is -2.30. The van der Waals surface area contributed by atoms with Crippen molar-refractivity contribution in [2.45, 2.75) is 0 Å². The van der Waals surface area contributed by atoms with Crippen LogP contribution in [0.1, 0.15) is 5.56 Å². The van der Waals surface area contributed by atoms with Gasteiger partial charge in [0.25, 0.3) is 0 Å². The molecule has 0 bridgehead atoms. The average molecular weight is 351 g/mol. The molecule has 1 heterocycles. The fourth-order valence-electron chi connectivity index (χ4n) is 2.56. The average Bonchev–Trinajstić information content (AvgIpc) is 2.75. The van der Waals surface area contributed by atoms with Gasteiger partial charge in [0.1, 0.15) is 0 Å². The highest BCUT2D eigenvalue weighted by molar-refractivity contribution is 6.13. The number of rotatable bonds is 2. The summed E-state index contributed by atoms with van der Waals surface area (Å²) in [4.78, 5) is 12.9. The number of amidine groups is 1. The summed E-state index contributed by atoms with van der Waals surface area (Å²) in [6.07, 6.45) is 0. The number of hydrogen-bond acceptors (Lipinski definition) is 2. The maximum absolute atomic E-state index is 12.9. The monoisotopic (exact) mass is 351 g/mol. The zero-order valence-corrected chi connectivity index (χ0v) is 14.4. The highest BCUT2D eigenvalue weighted by Crippen LogP contribution is 2.22. The Hall–Kier alpha value is -4.04. The van der Waals surface area contributed by atoms with Gasteiger partial charge in [0.05, 0.1) is 11.4 Å². The van der Waals surface area contributed by atoms with Crippen molar-refractivity contribution < 1.29 is 4.79 Å². The Morgan fingerprint density at radius 1 is 0.630 bits per heavy atom. The standard InChI is InChI=1S/C22H15N4O/c27-22-25(19-12-6-2-7-13-19)23-21(17-16-18-10-4-1-5-11-18)24-26(22)20-14-8-3-9-15-20/h1-15H. The van der Waals surface area contributed by atoms with Crippen LogP contribution in [0, 0.1) is 11.8 Å². The summed E-state index contributed by atoms with van der Waals surface area (Å²) in [6, 6.07) is 27.7. The molecule has 0 aromatic heterocycles. The molecule has 0 saturated heterocycles. The van der Waals surface area contributed by atoms with Crippen molar-refractivity contribution in [2.75, 3.05) is 10.0 Å². The van der Waals surface area contributed by atoms with Gasteiger partial charge in [-0.15, -0.1) is 10.5 Å². The van der Waals surface area contributed by atoms with E-state index < -0.39 is 0 Å². The first kappa shape index (κ1) is 16.4. The van der Waals surface area contributed by atoms with E-state index in [1.165, 1.54) is 10.0 Å². The van der Waals surface area contributed by atoms with E-state index >= 15 is 0 Å². The summed E-state index contributed by atoms with van der Waals surface area (Å²) in [7, 11) is 0. The van der Waals surface area contributed by atoms with Gasteiger partial charge < -0.3 is 0 Å². The molecular formula is C22H15N4O. The van der Waals surface area contributed by atoms with E-state index in [2.05, 4.69) is 22.4 Å². The molecule has 2 amide bonds. The molecule has 1 aliphatic heterocycles. The lowest BCUT2D eigenvalue weighted by Crippen LogP contribution is -2.52. The minimum absolute atomic E-state index is 0.256. The van der Waals surface area contributed by atoms with Crippen LogP contribution in [0.3, 0.4) is 0 Å². The van der Waals surface area contributed by atoms with Crippen molar-refractivity contribution in [3.63, 3.8) is 0 Å². The van der Waals surface area contributed by atoms with E-state index in [9.17, 15) is 4.79 Å². The summed E-state index contributed by atoms with van der Waals surface area (Å²) < 4.78 is 0. The minimum Gasteiger partial charge on any atom is -0.244 e. The second kappa shape index (κ2) is 7.46.